The molecular formula is C15H14BrNO. The number of benzene rings is 2. The smallest absolute Gasteiger partial charge is 0.106 e. The largest absolute Gasteiger partial charge is 0.361 e. The number of H-pyrrole nitrogens is 1. The molecule has 1 aromatic heterocycles. The Labute approximate surface area is 115 Å². The Bertz CT molecular complexity index is 533. The maximum absolute atomic E-state index is 8.00. The van der Waals surface area contributed by atoms with Gasteiger partial charge in [-0.1, -0.05) is 52.3 Å². The molecule has 0 fully saturated rings. The molecule has 3 heteroatoms. The highest BCUT2D eigenvalue weighted by Crippen LogP contribution is 2.09. The van der Waals surface area contributed by atoms with Crippen molar-refractivity contribution in [1.82, 2.24) is 4.98 Å². The van der Waals surface area contributed by atoms with Crippen molar-refractivity contribution in [3.05, 3.63) is 71.3 Å². The number of rotatable bonds is 0. The van der Waals surface area contributed by atoms with Crippen LogP contribution in [-0.4, -0.2) is 11.8 Å². The summed E-state index contributed by atoms with van der Waals surface area (Å²) < 4.78 is 1.13. The monoisotopic (exact) mass is 303 g/mol. The molecule has 0 aliphatic heterocycles. The van der Waals surface area contributed by atoms with Crippen LogP contribution in [0.3, 0.4) is 0 Å². The van der Waals surface area contributed by atoms with Crippen molar-refractivity contribution in [2.45, 2.75) is 0 Å². The minimum atomic E-state index is 1.13. The summed E-state index contributed by atoms with van der Waals surface area (Å²) in [7, 11) is 0. The van der Waals surface area contributed by atoms with Gasteiger partial charge in [0.25, 0.3) is 0 Å². The lowest BCUT2D eigenvalue weighted by Gasteiger charge is -1.83. The Morgan fingerprint density at radius 3 is 2.00 bits per heavy atom. The topological polar surface area (TPSA) is 32.9 Å². The van der Waals surface area contributed by atoms with Gasteiger partial charge in [0.1, 0.15) is 6.79 Å². The summed E-state index contributed by atoms with van der Waals surface area (Å²) in [5.74, 6) is 0. The van der Waals surface area contributed by atoms with Gasteiger partial charge in [-0.25, -0.2) is 0 Å². The van der Waals surface area contributed by atoms with Gasteiger partial charge < -0.3 is 9.78 Å². The number of aromatic nitrogens is 1. The zero-order valence-electron chi connectivity index (χ0n) is 9.84. The molecule has 0 saturated heterocycles. The third-order valence-electron chi connectivity index (χ3n) is 2.20. The van der Waals surface area contributed by atoms with Crippen LogP contribution in [0.25, 0.3) is 10.9 Å². The van der Waals surface area contributed by atoms with Crippen molar-refractivity contribution in [3.8, 4) is 0 Å². The van der Waals surface area contributed by atoms with Gasteiger partial charge in [-0.15, -0.1) is 0 Å². The second kappa shape index (κ2) is 8.25. The van der Waals surface area contributed by atoms with Crippen LogP contribution in [0, 0.1) is 0 Å². The highest BCUT2D eigenvalue weighted by molar-refractivity contribution is 9.10. The van der Waals surface area contributed by atoms with Crippen LogP contribution in [0.15, 0.2) is 71.3 Å². The Kier molecular flexibility index (Phi) is 6.51. The third kappa shape index (κ3) is 4.55. The number of hydrogen-bond acceptors (Lipinski definition) is 1. The molecule has 0 aliphatic carbocycles. The summed E-state index contributed by atoms with van der Waals surface area (Å²) in [5, 5.41) is 1.28. The maximum Gasteiger partial charge on any atom is 0.106 e. The van der Waals surface area contributed by atoms with E-state index in [0.717, 1.165) is 4.47 Å². The van der Waals surface area contributed by atoms with Crippen molar-refractivity contribution in [1.29, 1.82) is 0 Å². The molecule has 0 unspecified atom stereocenters. The van der Waals surface area contributed by atoms with Crippen LogP contribution >= 0.6 is 15.9 Å². The number of carbonyl (C=O) groups excluding carboxylic acids is 1. The van der Waals surface area contributed by atoms with E-state index in [4.69, 9.17) is 4.79 Å². The summed E-state index contributed by atoms with van der Waals surface area (Å²) in [6.45, 7) is 2.00. The number of nitrogens with one attached hydrogen (secondary N) is 1. The molecule has 1 heterocycles. The first-order valence-electron chi connectivity index (χ1n) is 5.38. The van der Waals surface area contributed by atoms with Crippen molar-refractivity contribution >= 4 is 33.6 Å². The number of aromatic amines is 1. The summed E-state index contributed by atoms with van der Waals surface area (Å²) >= 11 is 3.31. The second-order valence-corrected chi connectivity index (χ2v) is 4.28. The molecule has 0 amide bonds. The van der Waals surface area contributed by atoms with Crippen molar-refractivity contribution in [2.75, 3.05) is 0 Å². The van der Waals surface area contributed by atoms with E-state index in [2.05, 4.69) is 39.1 Å². The van der Waals surface area contributed by atoms with Gasteiger partial charge in [-0.2, -0.15) is 0 Å². The molecule has 3 rings (SSSR count). The molecule has 0 aliphatic rings. The predicted molar refractivity (Wildman–Crippen MR) is 79.6 cm³/mol. The summed E-state index contributed by atoms with van der Waals surface area (Å²) in [6, 6.07) is 20.3. The van der Waals surface area contributed by atoms with Gasteiger partial charge in [0.2, 0.25) is 0 Å². The van der Waals surface area contributed by atoms with Gasteiger partial charge in [-0.3, -0.25) is 0 Å². The van der Waals surface area contributed by atoms with Crippen LogP contribution in [0.5, 0.6) is 0 Å². The zero-order chi connectivity index (χ0) is 13.2. The first kappa shape index (κ1) is 14.2. The van der Waals surface area contributed by atoms with E-state index in [0.29, 0.717) is 0 Å². The number of fused-ring (bicyclic) bond motifs is 1. The maximum atomic E-state index is 8.00. The van der Waals surface area contributed by atoms with Crippen LogP contribution in [0.4, 0.5) is 0 Å². The molecule has 0 spiro atoms. The normalized spacial score (nSPS) is 8.72. The summed E-state index contributed by atoms with van der Waals surface area (Å²) in [5.41, 5.74) is 1.21. The van der Waals surface area contributed by atoms with Crippen LogP contribution in [0.1, 0.15) is 0 Å². The van der Waals surface area contributed by atoms with Gasteiger partial charge in [0.05, 0.1) is 0 Å². The van der Waals surface area contributed by atoms with E-state index in [-0.39, 0.29) is 0 Å². The van der Waals surface area contributed by atoms with Gasteiger partial charge >= 0.3 is 0 Å². The first-order chi connectivity index (χ1) is 8.86. The fraction of sp³-hybridized carbons (Fsp3) is 0. The van der Waals surface area contributed by atoms with E-state index in [9.17, 15) is 0 Å². The second-order valence-electron chi connectivity index (χ2n) is 3.36. The molecule has 0 bridgehead atoms. The van der Waals surface area contributed by atoms with Gasteiger partial charge in [-0.05, 0) is 29.7 Å². The SMILES string of the molecule is Brc1ccccc1.C=O.c1ccc2[nH]ccc2c1. The average Bonchev–Trinajstić information content (AvgIpc) is 2.91. The molecule has 0 radical (unpaired) electrons. The van der Waals surface area contributed by atoms with Crippen LogP contribution in [0.2, 0.25) is 0 Å². The number of halogens is 1. The van der Waals surface area contributed by atoms with E-state index in [1.807, 2.05) is 55.5 Å². The Morgan fingerprint density at radius 1 is 0.833 bits per heavy atom. The van der Waals surface area contributed by atoms with Crippen molar-refractivity contribution in [3.63, 3.8) is 0 Å². The van der Waals surface area contributed by atoms with E-state index < -0.39 is 0 Å². The molecule has 2 nitrogen and oxygen atoms in total. The first-order valence-corrected chi connectivity index (χ1v) is 6.17. The zero-order valence-corrected chi connectivity index (χ0v) is 11.4. The molecule has 3 aromatic rings. The molecule has 1 N–H and O–H groups in total. The minimum Gasteiger partial charge on any atom is -0.361 e. The van der Waals surface area contributed by atoms with E-state index in [1.165, 1.54) is 10.9 Å². The van der Waals surface area contributed by atoms with E-state index >= 15 is 0 Å². The lowest BCUT2D eigenvalue weighted by atomic mass is 10.3. The number of carbonyl (C=O) groups is 1. The summed E-state index contributed by atoms with van der Waals surface area (Å²) in [4.78, 5) is 11.1. The van der Waals surface area contributed by atoms with E-state index in [1.54, 1.807) is 0 Å². The van der Waals surface area contributed by atoms with Gasteiger partial charge in [0, 0.05) is 16.2 Å². The Balaban J connectivity index is 0.000000163. The number of para-hydroxylation sites is 1. The molecule has 0 saturated carbocycles. The Morgan fingerprint density at radius 2 is 1.44 bits per heavy atom. The highest BCUT2D eigenvalue weighted by atomic mass is 79.9. The van der Waals surface area contributed by atoms with Gasteiger partial charge in [0.15, 0.2) is 0 Å². The standard InChI is InChI=1S/C8H7N.C6H5Br.CH2O/c1-2-4-8-7(3-1)5-6-9-8;7-6-4-2-1-3-5-6;1-2/h1-6,9H;1-5H;1H2. The third-order valence-corrected chi connectivity index (χ3v) is 2.72. The predicted octanol–water partition coefficient (Wildman–Crippen LogP) is 4.43. The molecular weight excluding hydrogens is 290 g/mol. The lowest BCUT2D eigenvalue weighted by molar-refractivity contribution is -0.0979. The fourth-order valence-corrected chi connectivity index (χ4v) is 1.71. The highest BCUT2D eigenvalue weighted by Gasteiger charge is 1.86. The molecule has 92 valence electrons. The molecule has 18 heavy (non-hydrogen) atoms. The molecule has 0 atom stereocenters. The fourth-order valence-electron chi connectivity index (χ4n) is 1.41. The van der Waals surface area contributed by atoms with Crippen molar-refractivity contribution < 1.29 is 4.79 Å². The lowest BCUT2D eigenvalue weighted by Crippen LogP contribution is -1.61. The van der Waals surface area contributed by atoms with Crippen LogP contribution in [-0.2, 0) is 4.79 Å². The quantitative estimate of drug-likeness (QED) is 0.654. The Hall–Kier alpha value is -1.87. The summed E-state index contributed by atoms with van der Waals surface area (Å²) in [6.07, 6.45) is 1.95. The minimum absolute atomic E-state index is 1.13. The van der Waals surface area contributed by atoms with Crippen LogP contribution < -0.4 is 0 Å². The number of hydrogen-bond donors (Lipinski definition) is 1. The molecule has 2 aromatic carbocycles. The average molecular weight is 304 g/mol. The van der Waals surface area contributed by atoms with Crippen molar-refractivity contribution in [2.24, 2.45) is 0 Å².